The molecule has 0 heterocycles. The van der Waals surface area contributed by atoms with Gasteiger partial charge in [-0.1, -0.05) is 13.8 Å². The summed E-state index contributed by atoms with van der Waals surface area (Å²) in [6.07, 6.45) is 0. The van der Waals surface area contributed by atoms with Crippen LogP contribution in [0.5, 0.6) is 0 Å². The summed E-state index contributed by atoms with van der Waals surface area (Å²) in [5.41, 5.74) is 0.135. The van der Waals surface area contributed by atoms with E-state index < -0.39 is 0 Å². The maximum absolute atomic E-state index is 5.32. The lowest BCUT2D eigenvalue weighted by Crippen LogP contribution is -2.28. The molecule has 0 aliphatic carbocycles. The van der Waals surface area contributed by atoms with Crippen molar-refractivity contribution in [2.24, 2.45) is 5.41 Å². The average Bonchev–Trinajstić information content (AvgIpc) is 1.64. The van der Waals surface area contributed by atoms with Crippen LogP contribution in [0.1, 0.15) is 13.8 Å². The van der Waals surface area contributed by atoms with Gasteiger partial charge < -0.3 is 4.74 Å². The minimum absolute atomic E-state index is 0.135. The van der Waals surface area contributed by atoms with E-state index in [0.29, 0.717) is 0 Å². The molecular formula is C6H14ClNO. The normalized spacial score (nSPS) is 12.0. The minimum atomic E-state index is 0.135. The summed E-state index contributed by atoms with van der Waals surface area (Å²) < 4.78 is 4.96. The highest BCUT2D eigenvalue weighted by atomic mass is 35.5. The molecule has 9 heavy (non-hydrogen) atoms. The lowest BCUT2D eigenvalue weighted by molar-refractivity contribution is 0.107. The van der Waals surface area contributed by atoms with Crippen molar-refractivity contribution in [2.75, 3.05) is 20.3 Å². The van der Waals surface area contributed by atoms with Crippen LogP contribution in [-0.4, -0.2) is 20.3 Å². The van der Waals surface area contributed by atoms with Crippen molar-refractivity contribution in [2.45, 2.75) is 13.8 Å². The molecule has 0 fully saturated rings. The molecule has 0 bridgehead atoms. The number of hydrogen-bond donors (Lipinski definition) is 1. The summed E-state index contributed by atoms with van der Waals surface area (Å²) in [6, 6.07) is 0. The van der Waals surface area contributed by atoms with Gasteiger partial charge in [0.15, 0.2) is 0 Å². The van der Waals surface area contributed by atoms with Gasteiger partial charge in [-0.15, -0.1) is 0 Å². The zero-order valence-corrected chi connectivity index (χ0v) is 6.96. The summed E-state index contributed by atoms with van der Waals surface area (Å²) in [7, 11) is 1.69. The number of methoxy groups -OCH3 is 1. The van der Waals surface area contributed by atoms with Crippen LogP contribution in [0.4, 0.5) is 0 Å². The van der Waals surface area contributed by atoms with Gasteiger partial charge in [0, 0.05) is 19.1 Å². The molecular weight excluding hydrogens is 138 g/mol. The standard InChI is InChI=1S/C6H14ClNO/c1-6(2,4-8-7)5-9-3/h8H,4-5H2,1-3H3. The molecule has 0 atom stereocenters. The zero-order valence-electron chi connectivity index (χ0n) is 6.20. The Balaban J connectivity index is 3.43. The molecule has 0 unspecified atom stereocenters. The molecule has 3 heteroatoms. The summed E-state index contributed by atoms with van der Waals surface area (Å²) >= 11 is 5.32. The largest absolute Gasteiger partial charge is 0.384 e. The van der Waals surface area contributed by atoms with E-state index in [4.69, 9.17) is 16.5 Å². The van der Waals surface area contributed by atoms with Crippen LogP contribution in [0, 0.1) is 5.41 Å². The lowest BCUT2D eigenvalue weighted by Gasteiger charge is -2.21. The van der Waals surface area contributed by atoms with Crippen molar-refractivity contribution in [3.63, 3.8) is 0 Å². The Morgan fingerprint density at radius 2 is 2.11 bits per heavy atom. The van der Waals surface area contributed by atoms with Gasteiger partial charge in [0.05, 0.1) is 6.61 Å². The highest BCUT2D eigenvalue weighted by Crippen LogP contribution is 2.12. The molecule has 0 saturated heterocycles. The van der Waals surface area contributed by atoms with Crippen molar-refractivity contribution in [3.05, 3.63) is 0 Å². The minimum Gasteiger partial charge on any atom is -0.384 e. The van der Waals surface area contributed by atoms with Gasteiger partial charge in [-0.05, 0) is 11.8 Å². The zero-order chi connectivity index (χ0) is 7.33. The predicted molar refractivity (Wildman–Crippen MR) is 39.5 cm³/mol. The quantitative estimate of drug-likeness (QED) is 0.614. The first-order valence-corrected chi connectivity index (χ1v) is 3.32. The van der Waals surface area contributed by atoms with Crippen LogP contribution in [-0.2, 0) is 4.74 Å². The number of hydrogen-bond acceptors (Lipinski definition) is 2. The maximum Gasteiger partial charge on any atom is 0.0525 e. The maximum atomic E-state index is 5.32. The van der Waals surface area contributed by atoms with Gasteiger partial charge in [-0.25, -0.2) is 4.84 Å². The molecule has 0 aliphatic rings. The average molecular weight is 152 g/mol. The first kappa shape index (κ1) is 9.21. The SMILES string of the molecule is COCC(C)(C)CNCl. The summed E-state index contributed by atoms with van der Waals surface area (Å²) in [5.74, 6) is 0. The van der Waals surface area contributed by atoms with E-state index in [9.17, 15) is 0 Å². The summed E-state index contributed by atoms with van der Waals surface area (Å²) in [6.45, 7) is 5.67. The van der Waals surface area contributed by atoms with E-state index in [2.05, 4.69) is 18.7 Å². The highest BCUT2D eigenvalue weighted by molar-refractivity contribution is 6.13. The van der Waals surface area contributed by atoms with Crippen molar-refractivity contribution >= 4 is 11.8 Å². The van der Waals surface area contributed by atoms with Crippen LogP contribution in [0.25, 0.3) is 0 Å². The van der Waals surface area contributed by atoms with Crippen molar-refractivity contribution in [1.29, 1.82) is 0 Å². The molecule has 0 saturated carbocycles. The van der Waals surface area contributed by atoms with Gasteiger partial charge in [0.25, 0.3) is 0 Å². The third-order valence-corrected chi connectivity index (χ3v) is 1.21. The van der Waals surface area contributed by atoms with Crippen LogP contribution in [0.2, 0.25) is 0 Å². The Kier molecular flexibility index (Phi) is 4.19. The van der Waals surface area contributed by atoms with Crippen LogP contribution in [0.15, 0.2) is 0 Å². The molecule has 0 amide bonds. The molecule has 0 aromatic carbocycles. The van der Waals surface area contributed by atoms with Crippen LogP contribution < -0.4 is 4.84 Å². The van der Waals surface area contributed by atoms with E-state index >= 15 is 0 Å². The fraction of sp³-hybridized carbons (Fsp3) is 1.00. The highest BCUT2D eigenvalue weighted by Gasteiger charge is 2.15. The second-order valence-electron chi connectivity index (χ2n) is 2.91. The summed E-state index contributed by atoms with van der Waals surface area (Å²) in [5, 5.41) is 0. The molecule has 0 radical (unpaired) electrons. The molecule has 0 rings (SSSR count). The number of halogens is 1. The molecule has 2 nitrogen and oxygen atoms in total. The van der Waals surface area contributed by atoms with Gasteiger partial charge in [-0.3, -0.25) is 0 Å². The molecule has 1 N–H and O–H groups in total. The van der Waals surface area contributed by atoms with Crippen LogP contribution >= 0.6 is 11.8 Å². The van der Waals surface area contributed by atoms with E-state index in [0.717, 1.165) is 13.2 Å². The van der Waals surface area contributed by atoms with E-state index in [1.54, 1.807) is 7.11 Å². The Morgan fingerprint density at radius 3 is 2.44 bits per heavy atom. The number of ether oxygens (including phenoxy) is 1. The number of rotatable bonds is 4. The van der Waals surface area contributed by atoms with Crippen molar-refractivity contribution in [1.82, 2.24) is 4.84 Å². The summed E-state index contributed by atoms with van der Waals surface area (Å²) in [4.78, 5) is 2.58. The molecule has 0 aliphatic heterocycles. The third kappa shape index (κ3) is 4.70. The van der Waals surface area contributed by atoms with E-state index in [1.807, 2.05) is 0 Å². The molecule has 0 spiro atoms. The van der Waals surface area contributed by atoms with E-state index in [1.165, 1.54) is 0 Å². The predicted octanol–water partition coefficient (Wildman–Crippen LogP) is 1.40. The van der Waals surface area contributed by atoms with Gasteiger partial charge in [0.2, 0.25) is 0 Å². The Hall–Kier alpha value is 0.210. The monoisotopic (exact) mass is 151 g/mol. The fourth-order valence-electron chi connectivity index (χ4n) is 0.623. The van der Waals surface area contributed by atoms with Crippen molar-refractivity contribution < 1.29 is 4.74 Å². The topological polar surface area (TPSA) is 21.3 Å². The molecule has 0 aromatic rings. The van der Waals surface area contributed by atoms with Gasteiger partial charge >= 0.3 is 0 Å². The second kappa shape index (κ2) is 4.09. The lowest BCUT2D eigenvalue weighted by atomic mass is 9.95. The van der Waals surface area contributed by atoms with Crippen molar-refractivity contribution in [3.8, 4) is 0 Å². The Morgan fingerprint density at radius 1 is 1.56 bits per heavy atom. The third-order valence-electron chi connectivity index (χ3n) is 1.08. The van der Waals surface area contributed by atoms with Gasteiger partial charge in [-0.2, -0.15) is 0 Å². The first-order valence-electron chi connectivity index (χ1n) is 2.95. The smallest absolute Gasteiger partial charge is 0.0525 e. The Bertz CT molecular complexity index is 67.5. The first-order chi connectivity index (χ1) is 4.12. The molecule has 0 aromatic heterocycles. The van der Waals surface area contributed by atoms with Gasteiger partial charge in [0.1, 0.15) is 0 Å². The Labute approximate surface area is 61.6 Å². The number of nitrogens with one attached hydrogen (secondary N) is 1. The second-order valence-corrected chi connectivity index (χ2v) is 3.17. The molecule has 56 valence electrons. The fourth-order valence-corrected chi connectivity index (χ4v) is 0.984. The van der Waals surface area contributed by atoms with Crippen LogP contribution in [0.3, 0.4) is 0 Å². The van der Waals surface area contributed by atoms with E-state index in [-0.39, 0.29) is 5.41 Å².